The number of imidazole rings is 1. The van der Waals surface area contributed by atoms with Crippen molar-refractivity contribution in [2.24, 2.45) is 0 Å². The van der Waals surface area contributed by atoms with Crippen LogP contribution in [-0.4, -0.2) is 21.9 Å². The van der Waals surface area contributed by atoms with Gasteiger partial charge in [-0.3, -0.25) is 4.79 Å². The highest BCUT2D eigenvalue weighted by molar-refractivity contribution is 6.32. The number of benzene rings is 2. The van der Waals surface area contributed by atoms with Gasteiger partial charge >= 0.3 is 0 Å². The highest BCUT2D eigenvalue weighted by Crippen LogP contribution is 2.28. The minimum atomic E-state index is -0.271. The van der Waals surface area contributed by atoms with Crippen molar-refractivity contribution in [2.75, 3.05) is 11.9 Å². The Hall–Kier alpha value is -3.31. The van der Waals surface area contributed by atoms with Crippen LogP contribution in [0.4, 0.5) is 5.69 Å². The van der Waals surface area contributed by atoms with Gasteiger partial charge in [-0.2, -0.15) is 0 Å². The number of carbonyl (C=O) groups is 1. The number of aryl methyl sites for hydroxylation is 1. The number of nitrogens with zero attached hydrogens (tertiary/aromatic N) is 2. The van der Waals surface area contributed by atoms with Crippen LogP contribution in [0, 0.1) is 6.92 Å². The number of carbonyl (C=O) groups excluding carboxylic acids is 1. The van der Waals surface area contributed by atoms with Crippen molar-refractivity contribution in [2.45, 2.75) is 6.92 Å². The maximum absolute atomic E-state index is 12.4. The number of halogens is 1. The Morgan fingerprint density at radius 3 is 2.71 bits per heavy atom. The molecule has 0 aliphatic heterocycles. The molecule has 0 spiro atoms. The fourth-order valence-electron chi connectivity index (χ4n) is 2.99. The molecule has 2 aromatic carbocycles. The number of rotatable bonds is 5. The topological polar surface area (TPSA) is 55.6 Å². The molecule has 1 amide bonds. The van der Waals surface area contributed by atoms with Gasteiger partial charge in [0.25, 0.3) is 5.91 Å². The zero-order chi connectivity index (χ0) is 19.5. The second kappa shape index (κ2) is 7.74. The van der Waals surface area contributed by atoms with Gasteiger partial charge in [0.05, 0.1) is 16.4 Å². The van der Waals surface area contributed by atoms with Gasteiger partial charge in [0, 0.05) is 18.0 Å². The van der Waals surface area contributed by atoms with E-state index in [1.54, 1.807) is 18.2 Å². The van der Waals surface area contributed by atoms with Crippen LogP contribution >= 0.6 is 11.6 Å². The molecule has 0 saturated heterocycles. The summed E-state index contributed by atoms with van der Waals surface area (Å²) in [7, 11) is 0. The fourth-order valence-corrected chi connectivity index (χ4v) is 3.18. The third kappa shape index (κ3) is 3.70. The second-order valence-electron chi connectivity index (χ2n) is 6.36. The predicted molar refractivity (Wildman–Crippen MR) is 111 cm³/mol. The largest absolute Gasteiger partial charge is 0.482 e. The molecule has 140 valence electrons. The van der Waals surface area contributed by atoms with Crippen molar-refractivity contribution < 1.29 is 9.53 Å². The molecule has 0 bridgehead atoms. The number of amides is 1. The van der Waals surface area contributed by atoms with Crippen LogP contribution in [0.2, 0.25) is 5.02 Å². The zero-order valence-electron chi connectivity index (χ0n) is 15.2. The lowest BCUT2D eigenvalue weighted by molar-refractivity contribution is -0.118. The molecule has 0 atom stereocenters. The standard InChI is InChI=1S/C22H18ClN3O2/c1-15-7-6-12-26-13-19(25-22(15)26)16-8-2-4-10-18(16)24-21(27)14-28-20-11-5-3-9-17(20)23/h2-13H,14H2,1H3,(H,24,27). The van der Waals surface area contributed by atoms with Crippen molar-refractivity contribution in [3.05, 3.63) is 83.6 Å². The van der Waals surface area contributed by atoms with Crippen LogP contribution in [-0.2, 0) is 4.79 Å². The first-order valence-corrected chi connectivity index (χ1v) is 9.20. The summed E-state index contributed by atoms with van der Waals surface area (Å²) in [6.45, 7) is 1.88. The third-order valence-corrected chi connectivity index (χ3v) is 4.66. The normalized spacial score (nSPS) is 10.8. The second-order valence-corrected chi connectivity index (χ2v) is 6.77. The van der Waals surface area contributed by atoms with E-state index in [1.807, 2.05) is 66.2 Å². The highest BCUT2D eigenvalue weighted by atomic mass is 35.5. The van der Waals surface area contributed by atoms with Gasteiger partial charge in [0.15, 0.2) is 6.61 Å². The van der Waals surface area contributed by atoms with E-state index in [9.17, 15) is 4.79 Å². The number of aromatic nitrogens is 2. The summed E-state index contributed by atoms with van der Waals surface area (Å²) >= 11 is 6.06. The maximum atomic E-state index is 12.4. The molecule has 0 unspecified atom stereocenters. The molecule has 4 aromatic rings. The summed E-state index contributed by atoms with van der Waals surface area (Å²) in [5.74, 6) is 0.204. The van der Waals surface area contributed by atoms with Crippen LogP contribution < -0.4 is 10.1 Å². The first kappa shape index (κ1) is 18.1. The van der Waals surface area contributed by atoms with Crippen molar-refractivity contribution in [3.63, 3.8) is 0 Å². The molecule has 4 rings (SSSR count). The molecule has 6 heteroatoms. The number of nitrogens with one attached hydrogen (secondary N) is 1. The molecule has 0 radical (unpaired) electrons. The van der Waals surface area contributed by atoms with Gasteiger partial charge in [-0.05, 0) is 36.8 Å². The van der Waals surface area contributed by atoms with Crippen LogP contribution in [0.5, 0.6) is 5.75 Å². The minimum absolute atomic E-state index is 0.137. The molecular weight excluding hydrogens is 374 g/mol. The summed E-state index contributed by atoms with van der Waals surface area (Å²) in [4.78, 5) is 17.1. The first-order valence-electron chi connectivity index (χ1n) is 8.83. The molecule has 0 saturated carbocycles. The van der Waals surface area contributed by atoms with Crippen LogP contribution in [0.25, 0.3) is 16.9 Å². The summed E-state index contributed by atoms with van der Waals surface area (Å²) in [5.41, 5.74) is 4.29. The highest BCUT2D eigenvalue weighted by Gasteiger charge is 2.13. The molecule has 2 heterocycles. The average molecular weight is 392 g/mol. The Morgan fingerprint density at radius 2 is 1.89 bits per heavy atom. The van der Waals surface area contributed by atoms with E-state index < -0.39 is 0 Å². The minimum Gasteiger partial charge on any atom is -0.482 e. The molecule has 2 aromatic heterocycles. The van der Waals surface area contributed by atoms with Gasteiger partial charge < -0.3 is 14.5 Å². The van der Waals surface area contributed by atoms with Gasteiger partial charge in [-0.15, -0.1) is 0 Å². The first-order chi connectivity index (χ1) is 13.6. The van der Waals surface area contributed by atoms with Gasteiger partial charge in [0.1, 0.15) is 11.4 Å². The monoisotopic (exact) mass is 391 g/mol. The van der Waals surface area contributed by atoms with Gasteiger partial charge in [-0.25, -0.2) is 4.98 Å². The molecule has 0 aliphatic rings. The predicted octanol–water partition coefficient (Wildman–Crippen LogP) is 4.98. The molecule has 5 nitrogen and oxygen atoms in total. The number of hydrogen-bond donors (Lipinski definition) is 1. The molecule has 28 heavy (non-hydrogen) atoms. The van der Waals surface area contributed by atoms with Crippen molar-refractivity contribution >= 4 is 28.8 Å². The van der Waals surface area contributed by atoms with Crippen LogP contribution in [0.3, 0.4) is 0 Å². The molecule has 0 aliphatic carbocycles. The van der Waals surface area contributed by atoms with Crippen molar-refractivity contribution in [1.82, 2.24) is 9.38 Å². The number of anilines is 1. The average Bonchev–Trinajstić information content (AvgIpc) is 3.13. The Kier molecular flexibility index (Phi) is 5.00. The third-order valence-electron chi connectivity index (χ3n) is 4.35. The van der Waals surface area contributed by atoms with Crippen LogP contribution in [0.1, 0.15) is 5.56 Å². The van der Waals surface area contributed by atoms with E-state index in [1.165, 1.54) is 0 Å². The molecular formula is C22H18ClN3O2. The van der Waals surface area contributed by atoms with E-state index in [0.29, 0.717) is 16.5 Å². The van der Waals surface area contributed by atoms with E-state index in [-0.39, 0.29) is 12.5 Å². The van der Waals surface area contributed by atoms with E-state index >= 15 is 0 Å². The van der Waals surface area contributed by atoms with Crippen molar-refractivity contribution in [3.8, 4) is 17.0 Å². The smallest absolute Gasteiger partial charge is 0.262 e. The van der Waals surface area contributed by atoms with E-state index in [2.05, 4.69) is 5.32 Å². The van der Waals surface area contributed by atoms with Gasteiger partial charge in [0.2, 0.25) is 0 Å². The number of pyridine rings is 1. The zero-order valence-corrected chi connectivity index (χ0v) is 16.0. The number of para-hydroxylation sites is 2. The Bertz CT molecular complexity index is 1150. The molecule has 0 fully saturated rings. The summed E-state index contributed by atoms with van der Waals surface area (Å²) in [6.07, 6.45) is 3.91. The Labute approximate surface area is 167 Å². The molecule has 1 N–H and O–H groups in total. The summed E-state index contributed by atoms with van der Waals surface area (Å²) in [6, 6.07) is 18.6. The fraction of sp³-hybridized carbons (Fsp3) is 0.0909. The lowest BCUT2D eigenvalue weighted by Crippen LogP contribution is -2.20. The SMILES string of the molecule is Cc1cccn2cc(-c3ccccc3NC(=O)COc3ccccc3Cl)nc12. The maximum Gasteiger partial charge on any atom is 0.262 e. The quantitative estimate of drug-likeness (QED) is 0.522. The summed E-state index contributed by atoms with van der Waals surface area (Å²) in [5, 5.41) is 3.37. The Balaban J connectivity index is 1.55. The lowest BCUT2D eigenvalue weighted by atomic mass is 10.1. The van der Waals surface area contributed by atoms with E-state index in [0.717, 1.165) is 22.5 Å². The Morgan fingerprint density at radius 1 is 1.11 bits per heavy atom. The van der Waals surface area contributed by atoms with Crippen LogP contribution in [0.15, 0.2) is 73.1 Å². The van der Waals surface area contributed by atoms with Gasteiger partial charge in [-0.1, -0.05) is 48.0 Å². The number of hydrogen-bond acceptors (Lipinski definition) is 3. The van der Waals surface area contributed by atoms with E-state index in [4.69, 9.17) is 21.3 Å². The summed E-state index contributed by atoms with van der Waals surface area (Å²) < 4.78 is 7.49. The van der Waals surface area contributed by atoms with Crippen molar-refractivity contribution in [1.29, 1.82) is 0 Å². The number of ether oxygens (including phenoxy) is 1. The lowest BCUT2D eigenvalue weighted by Gasteiger charge is -2.11. The number of fused-ring (bicyclic) bond motifs is 1.